The summed E-state index contributed by atoms with van der Waals surface area (Å²) in [5.41, 5.74) is 6.10. The van der Waals surface area contributed by atoms with Gasteiger partial charge in [-0.3, -0.25) is 15.3 Å². The first-order chi connectivity index (χ1) is 9.29. The van der Waals surface area contributed by atoms with Crippen LogP contribution in [0.15, 0.2) is 40.2 Å². The Bertz CT molecular complexity index is 800. The third-order valence-electron chi connectivity index (χ3n) is 2.83. The van der Waals surface area contributed by atoms with Gasteiger partial charge in [-0.1, -0.05) is 12.1 Å². The van der Waals surface area contributed by atoms with Crippen LogP contribution in [0, 0.1) is 5.41 Å². The highest BCUT2D eigenvalue weighted by Crippen LogP contribution is 2.12. The molecule has 0 unspecified atom stereocenters. The Morgan fingerprint density at radius 1 is 1.35 bits per heavy atom. The normalized spacial score (nSPS) is 11.4. The molecule has 7 nitrogen and oxygen atoms in total. The molecule has 0 fully saturated rings. The van der Waals surface area contributed by atoms with Crippen LogP contribution in [0.3, 0.4) is 0 Å². The van der Waals surface area contributed by atoms with Crippen LogP contribution in [0.5, 0.6) is 0 Å². The lowest BCUT2D eigenvalue weighted by Gasteiger charge is -2.01. The highest BCUT2D eigenvalue weighted by Gasteiger charge is 2.10. The van der Waals surface area contributed by atoms with E-state index in [2.05, 4.69) is 5.10 Å². The van der Waals surface area contributed by atoms with E-state index < -0.39 is 9.84 Å². The van der Waals surface area contributed by atoms with Crippen LogP contribution in [-0.4, -0.2) is 30.4 Å². The molecular formula is C12H14N4O3S. The van der Waals surface area contributed by atoms with Crippen molar-refractivity contribution in [2.75, 3.05) is 6.26 Å². The Hall–Kier alpha value is -2.35. The molecule has 2 aromatic rings. The molecule has 0 radical (unpaired) electrons. The fourth-order valence-electron chi connectivity index (χ4n) is 1.79. The van der Waals surface area contributed by atoms with Gasteiger partial charge in [-0.05, 0) is 17.7 Å². The lowest BCUT2D eigenvalue weighted by molar-refractivity contribution is 0.602. The van der Waals surface area contributed by atoms with Gasteiger partial charge in [-0.25, -0.2) is 8.42 Å². The fraction of sp³-hybridized carbons (Fsp3) is 0.167. The van der Waals surface area contributed by atoms with E-state index in [-0.39, 0.29) is 16.4 Å². The topological polar surface area (TPSA) is 122 Å². The predicted octanol–water partition coefficient (Wildman–Crippen LogP) is -0.0877. The van der Waals surface area contributed by atoms with Crippen molar-refractivity contribution >= 4 is 15.8 Å². The monoisotopic (exact) mass is 294 g/mol. The van der Waals surface area contributed by atoms with Gasteiger partial charge in [0, 0.05) is 24.4 Å². The van der Waals surface area contributed by atoms with Crippen LogP contribution in [0.4, 0.5) is 0 Å². The van der Waals surface area contributed by atoms with Crippen molar-refractivity contribution in [1.82, 2.24) is 9.78 Å². The number of nitrogen functional groups attached to an aromatic ring is 1. The Kier molecular flexibility index (Phi) is 3.49. The van der Waals surface area contributed by atoms with Gasteiger partial charge in [-0.2, -0.15) is 4.68 Å². The largest absolute Gasteiger partial charge is 0.368 e. The summed E-state index contributed by atoms with van der Waals surface area (Å²) in [6, 6.07) is 6.31. The summed E-state index contributed by atoms with van der Waals surface area (Å²) >= 11 is 0. The molecule has 0 aliphatic rings. The molecule has 0 saturated carbocycles. The predicted molar refractivity (Wildman–Crippen MR) is 74.7 cm³/mol. The third-order valence-corrected chi connectivity index (χ3v) is 3.96. The van der Waals surface area contributed by atoms with Crippen LogP contribution in [-0.2, 0) is 16.3 Å². The first-order valence-electron chi connectivity index (χ1n) is 5.72. The van der Waals surface area contributed by atoms with Gasteiger partial charge in [0.25, 0.3) is 5.56 Å². The maximum atomic E-state index is 11.9. The summed E-state index contributed by atoms with van der Waals surface area (Å²) in [6.45, 7) is 0. The fourth-order valence-corrected chi connectivity index (χ4v) is 2.42. The van der Waals surface area contributed by atoms with Crippen LogP contribution >= 0.6 is 0 Å². The Balaban J connectivity index is 2.27. The summed E-state index contributed by atoms with van der Waals surface area (Å²) in [7, 11) is -3.22. The van der Waals surface area contributed by atoms with Crippen molar-refractivity contribution in [2.24, 2.45) is 5.73 Å². The summed E-state index contributed by atoms with van der Waals surface area (Å²) < 4.78 is 23.6. The molecule has 0 amide bonds. The number of aromatic amines is 1. The van der Waals surface area contributed by atoms with Crippen molar-refractivity contribution in [3.63, 3.8) is 0 Å². The zero-order valence-electron chi connectivity index (χ0n) is 10.8. The molecule has 1 heterocycles. The number of nitrogens with two attached hydrogens (primary N) is 1. The number of rotatable bonds is 3. The average Bonchev–Trinajstić information content (AvgIpc) is 2.71. The average molecular weight is 294 g/mol. The van der Waals surface area contributed by atoms with Gasteiger partial charge < -0.3 is 5.73 Å². The number of benzene rings is 1. The van der Waals surface area contributed by atoms with E-state index in [0.717, 1.165) is 16.5 Å². The van der Waals surface area contributed by atoms with E-state index in [1.54, 1.807) is 12.1 Å². The number of nitrogens with zero attached hydrogens (tertiary/aromatic N) is 1. The maximum absolute atomic E-state index is 11.9. The smallest absolute Gasteiger partial charge is 0.277 e. The van der Waals surface area contributed by atoms with E-state index in [4.69, 9.17) is 11.1 Å². The number of H-pyrrole nitrogens is 1. The minimum Gasteiger partial charge on any atom is -0.368 e. The molecular weight excluding hydrogens is 280 g/mol. The molecule has 0 aliphatic carbocycles. The van der Waals surface area contributed by atoms with Gasteiger partial charge in [-0.15, -0.1) is 0 Å². The number of aromatic nitrogens is 2. The quantitative estimate of drug-likeness (QED) is 0.541. The van der Waals surface area contributed by atoms with E-state index >= 15 is 0 Å². The lowest BCUT2D eigenvalue weighted by atomic mass is 10.1. The van der Waals surface area contributed by atoms with Crippen LogP contribution in [0.2, 0.25) is 0 Å². The molecule has 0 aliphatic heterocycles. The van der Waals surface area contributed by atoms with Crippen molar-refractivity contribution in [3.8, 4) is 0 Å². The molecule has 0 saturated heterocycles. The lowest BCUT2D eigenvalue weighted by Crippen LogP contribution is -2.31. The van der Waals surface area contributed by atoms with E-state index in [1.165, 1.54) is 18.3 Å². The van der Waals surface area contributed by atoms with Gasteiger partial charge in [0.2, 0.25) is 5.96 Å². The van der Waals surface area contributed by atoms with Crippen LogP contribution in [0.25, 0.3) is 0 Å². The van der Waals surface area contributed by atoms with Gasteiger partial charge >= 0.3 is 0 Å². The molecule has 0 bridgehead atoms. The summed E-state index contributed by atoms with van der Waals surface area (Å²) in [4.78, 5) is 12.1. The molecule has 1 aromatic heterocycles. The molecule has 2 rings (SSSR count). The zero-order valence-corrected chi connectivity index (χ0v) is 11.6. The van der Waals surface area contributed by atoms with Gasteiger partial charge in [0.1, 0.15) is 0 Å². The minimum atomic E-state index is -3.22. The van der Waals surface area contributed by atoms with Crippen LogP contribution in [0.1, 0.15) is 11.1 Å². The number of hydrogen-bond acceptors (Lipinski definition) is 4. The first-order valence-corrected chi connectivity index (χ1v) is 7.61. The molecule has 1 aromatic carbocycles. The van der Waals surface area contributed by atoms with E-state index in [1.807, 2.05) is 0 Å². The standard InChI is InChI=1S/C12H14N4O3S/c1-20(18,19)10-4-2-8(3-5-10)6-9-7-15-16(11(9)17)12(13)14/h2-5,7,15H,6H2,1H3,(H3,13,14). The summed E-state index contributed by atoms with van der Waals surface area (Å²) in [5.74, 6) is -0.381. The SMILES string of the molecule is CS(=O)(=O)c1ccc(Cc2c[nH]n(C(=N)N)c2=O)cc1. The van der Waals surface area contributed by atoms with Crippen molar-refractivity contribution in [1.29, 1.82) is 5.41 Å². The Labute approximate surface area is 115 Å². The molecule has 20 heavy (non-hydrogen) atoms. The molecule has 8 heteroatoms. The summed E-state index contributed by atoms with van der Waals surface area (Å²) in [5, 5.41) is 9.80. The number of nitrogens with one attached hydrogen (secondary N) is 2. The Morgan fingerprint density at radius 2 is 1.95 bits per heavy atom. The first kappa shape index (κ1) is 14.1. The Morgan fingerprint density at radius 3 is 2.40 bits per heavy atom. The maximum Gasteiger partial charge on any atom is 0.277 e. The number of hydrogen-bond donors (Lipinski definition) is 3. The van der Waals surface area contributed by atoms with Crippen molar-refractivity contribution in [3.05, 3.63) is 51.9 Å². The summed E-state index contributed by atoms with van der Waals surface area (Å²) in [6.07, 6.45) is 2.95. The van der Waals surface area contributed by atoms with E-state index in [9.17, 15) is 13.2 Å². The highest BCUT2D eigenvalue weighted by molar-refractivity contribution is 7.90. The molecule has 0 atom stereocenters. The highest BCUT2D eigenvalue weighted by atomic mass is 32.2. The molecule has 4 N–H and O–H groups in total. The second-order valence-corrected chi connectivity index (χ2v) is 6.43. The third kappa shape index (κ3) is 2.80. The number of sulfone groups is 1. The minimum absolute atomic E-state index is 0.233. The second kappa shape index (κ2) is 4.97. The van der Waals surface area contributed by atoms with Gasteiger partial charge in [0.15, 0.2) is 9.84 Å². The van der Waals surface area contributed by atoms with Crippen molar-refractivity contribution in [2.45, 2.75) is 11.3 Å². The molecule has 106 valence electrons. The van der Waals surface area contributed by atoms with E-state index in [0.29, 0.717) is 12.0 Å². The second-order valence-electron chi connectivity index (χ2n) is 4.42. The van der Waals surface area contributed by atoms with Gasteiger partial charge in [0.05, 0.1) is 4.90 Å². The zero-order chi connectivity index (χ0) is 14.9. The molecule has 0 spiro atoms. The van der Waals surface area contributed by atoms with Crippen LogP contribution < -0.4 is 11.3 Å². The van der Waals surface area contributed by atoms with Crippen molar-refractivity contribution < 1.29 is 8.42 Å².